The van der Waals surface area contributed by atoms with E-state index in [-0.39, 0.29) is 0 Å². The van der Waals surface area contributed by atoms with Gasteiger partial charge in [0.1, 0.15) is 0 Å². The number of morpholine rings is 1. The second-order valence-electron chi connectivity index (χ2n) is 5.77. The molecular weight excluding hydrogens is 236 g/mol. The lowest BCUT2D eigenvalue weighted by atomic mass is 9.99. The van der Waals surface area contributed by atoms with E-state index in [9.17, 15) is 0 Å². The molecule has 19 heavy (non-hydrogen) atoms. The Morgan fingerprint density at radius 2 is 1.95 bits per heavy atom. The van der Waals surface area contributed by atoms with Gasteiger partial charge in [-0.05, 0) is 44.5 Å². The van der Waals surface area contributed by atoms with Crippen molar-refractivity contribution < 1.29 is 4.74 Å². The van der Waals surface area contributed by atoms with Crippen LogP contribution in [-0.2, 0) is 11.3 Å². The highest BCUT2D eigenvalue weighted by atomic mass is 16.5. The van der Waals surface area contributed by atoms with Gasteiger partial charge in [0.2, 0.25) is 0 Å². The van der Waals surface area contributed by atoms with Gasteiger partial charge < -0.3 is 10.1 Å². The summed E-state index contributed by atoms with van der Waals surface area (Å²) in [5.41, 5.74) is 5.59. The number of benzene rings is 1. The third-order valence-electron chi connectivity index (χ3n) is 3.79. The molecule has 1 heterocycles. The van der Waals surface area contributed by atoms with Crippen LogP contribution in [0.25, 0.3) is 0 Å². The Kier molecular flexibility index (Phi) is 4.97. The van der Waals surface area contributed by atoms with Crippen LogP contribution < -0.4 is 5.32 Å². The smallest absolute Gasteiger partial charge is 0.0826 e. The van der Waals surface area contributed by atoms with Gasteiger partial charge in [-0.3, -0.25) is 4.90 Å². The minimum atomic E-state index is 0.324. The second-order valence-corrected chi connectivity index (χ2v) is 5.77. The maximum Gasteiger partial charge on any atom is 0.0826 e. The number of ether oxygens (including phenoxy) is 1. The normalized spacial score (nSPS) is 19.9. The molecule has 1 aliphatic heterocycles. The van der Waals surface area contributed by atoms with Crippen molar-refractivity contribution in [3.05, 3.63) is 34.4 Å². The van der Waals surface area contributed by atoms with Crippen LogP contribution in [0.2, 0.25) is 0 Å². The van der Waals surface area contributed by atoms with Gasteiger partial charge in [0, 0.05) is 26.2 Å². The number of rotatable bonds is 4. The molecular formula is C16H26N2O. The maximum atomic E-state index is 5.76. The summed E-state index contributed by atoms with van der Waals surface area (Å²) in [7, 11) is 2.18. The van der Waals surface area contributed by atoms with Crippen LogP contribution in [0.4, 0.5) is 0 Å². The highest BCUT2D eigenvalue weighted by Gasteiger charge is 2.16. The standard InChI is InChI=1S/C16H26N2O/c1-12-7-13(2)16(14(3)8-12)11-18(4)10-15-9-17-5-6-19-15/h7-8,15,17H,5-6,9-11H2,1-4H3. The van der Waals surface area contributed by atoms with Crippen molar-refractivity contribution in [3.8, 4) is 0 Å². The van der Waals surface area contributed by atoms with Gasteiger partial charge in [0.05, 0.1) is 12.7 Å². The van der Waals surface area contributed by atoms with Crippen LogP contribution in [0.15, 0.2) is 12.1 Å². The van der Waals surface area contributed by atoms with Gasteiger partial charge >= 0.3 is 0 Å². The number of nitrogens with zero attached hydrogens (tertiary/aromatic N) is 1. The van der Waals surface area contributed by atoms with E-state index in [1.165, 1.54) is 22.3 Å². The lowest BCUT2D eigenvalue weighted by Gasteiger charge is -2.28. The third kappa shape index (κ3) is 4.03. The van der Waals surface area contributed by atoms with Gasteiger partial charge in [0.25, 0.3) is 0 Å². The van der Waals surface area contributed by atoms with Crippen molar-refractivity contribution in [3.63, 3.8) is 0 Å². The van der Waals surface area contributed by atoms with E-state index in [0.717, 1.165) is 32.8 Å². The molecule has 3 heteroatoms. The molecule has 106 valence electrons. The summed E-state index contributed by atoms with van der Waals surface area (Å²) in [5, 5.41) is 3.38. The molecule has 1 unspecified atom stereocenters. The summed E-state index contributed by atoms with van der Waals surface area (Å²) in [6, 6.07) is 4.55. The molecule has 1 fully saturated rings. The minimum absolute atomic E-state index is 0.324. The van der Waals surface area contributed by atoms with Crippen LogP contribution in [-0.4, -0.2) is 44.3 Å². The van der Waals surface area contributed by atoms with Gasteiger partial charge in [-0.25, -0.2) is 0 Å². The average molecular weight is 262 g/mol. The molecule has 0 amide bonds. The topological polar surface area (TPSA) is 24.5 Å². The first-order valence-corrected chi connectivity index (χ1v) is 7.14. The van der Waals surface area contributed by atoms with E-state index in [1.807, 2.05) is 0 Å². The third-order valence-corrected chi connectivity index (χ3v) is 3.79. The van der Waals surface area contributed by atoms with Crippen molar-refractivity contribution in [1.29, 1.82) is 0 Å². The monoisotopic (exact) mass is 262 g/mol. The van der Waals surface area contributed by atoms with E-state index in [4.69, 9.17) is 4.74 Å². The summed E-state index contributed by atoms with van der Waals surface area (Å²) in [6.07, 6.45) is 0.324. The molecule has 1 saturated heterocycles. The van der Waals surface area contributed by atoms with Gasteiger partial charge in [-0.15, -0.1) is 0 Å². The van der Waals surface area contributed by atoms with Crippen molar-refractivity contribution in [2.45, 2.75) is 33.4 Å². The lowest BCUT2D eigenvalue weighted by molar-refractivity contribution is 0.00879. The Bertz CT molecular complexity index is 402. The van der Waals surface area contributed by atoms with Gasteiger partial charge in [-0.1, -0.05) is 17.7 Å². The molecule has 1 N–H and O–H groups in total. The maximum absolute atomic E-state index is 5.76. The first kappa shape index (κ1) is 14.5. The molecule has 0 bridgehead atoms. The molecule has 0 saturated carbocycles. The number of likely N-dealkylation sites (N-methyl/N-ethyl adjacent to an activating group) is 1. The van der Waals surface area contributed by atoms with E-state index in [2.05, 4.69) is 50.2 Å². The Morgan fingerprint density at radius 1 is 1.26 bits per heavy atom. The molecule has 3 nitrogen and oxygen atoms in total. The Morgan fingerprint density at radius 3 is 2.53 bits per heavy atom. The van der Waals surface area contributed by atoms with Crippen LogP contribution in [0.3, 0.4) is 0 Å². The summed E-state index contributed by atoms with van der Waals surface area (Å²) >= 11 is 0. The zero-order chi connectivity index (χ0) is 13.8. The molecule has 0 spiro atoms. The SMILES string of the molecule is Cc1cc(C)c(CN(C)CC2CNCCO2)c(C)c1. The Balaban J connectivity index is 1.96. The first-order valence-electron chi connectivity index (χ1n) is 7.14. The van der Waals surface area contributed by atoms with Crippen LogP contribution in [0, 0.1) is 20.8 Å². The van der Waals surface area contributed by atoms with E-state index in [0.29, 0.717) is 6.10 Å². The van der Waals surface area contributed by atoms with Gasteiger partial charge in [0.15, 0.2) is 0 Å². The number of aryl methyl sites for hydroxylation is 3. The summed E-state index contributed by atoms with van der Waals surface area (Å²) in [4.78, 5) is 2.36. The van der Waals surface area contributed by atoms with E-state index >= 15 is 0 Å². The van der Waals surface area contributed by atoms with Crippen LogP contribution in [0.1, 0.15) is 22.3 Å². The Labute approximate surface area is 116 Å². The highest BCUT2D eigenvalue weighted by Crippen LogP contribution is 2.18. The van der Waals surface area contributed by atoms with E-state index in [1.54, 1.807) is 0 Å². The number of nitrogens with one attached hydrogen (secondary N) is 1. The molecule has 1 atom stereocenters. The van der Waals surface area contributed by atoms with Gasteiger partial charge in [-0.2, -0.15) is 0 Å². The van der Waals surface area contributed by atoms with Crippen molar-refractivity contribution in [2.24, 2.45) is 0 Å². The summed E-state index contributed by atoms with van der Waals surface area (Å²) in [6.45, 7) is 11.4. The van der Waals surface area contributed by atoms with Crippen molar-refractivity contribution in [2.75, 3.05) is 33.3 Å². The molecule has 1 aliphatic rings. The zero-order valence-corrected chi connectivity index (χ0v) is 12.6. The van der Waals surface area contributed by atoms with Crippen LogP contribution in [0.5, 0.6) is 0 Å². The molecule has 0 radical (unpaired) electrons. The molecule has 1 aromatic carbocycles. The fourth-order valence-corrected chi connectivity index (χ4v) is 2.88. The van der Waals surface area contributed by atoms with Crippen molar-refractivity contribution >= 4 is 0 Å². The van der Waals surface area contributed by atoms with Crippen molar-refractivity contribution in [1.82, 2.24) is 10.2 Å². The quantitative estimate of drug-likeness (QED) is 0.898. The van der Waals surface area contributed by atoms with Crippen LogP contribution >= 0.6 is 0 Å². The Hall–Kier alpha value is -0.900. The predicted molar refractivity (Wildman–Crippen MR) is 79.6 cm³/mol. The second kappa shape index (κ2) is 6.51. The zero-order valence-electron chi connectivity index (χ0n) is 12.6. The number of hydrogen-bond acceptors (Lipinski definition) is 3. The largest absolute Gasteiger partial charge is 0.374 e. The lowest BCUT2D eigenvalue weighted by Crippen LogP contribution is -2.44. The fourth-order valence-electron chi connectivity index (χ4n) is 2.88. The minimum Gasteiger partial charge on any atom is -0.374 e. The predicted octanol–water partition coefficient (Wildman–Crippen LogP) is 2.03. The molecule has 1 aromatic rings. The average Bonchev–Trinajstić information content (AvgIpc) is 2.35. The first-order chi connectivity index (χ1) is 9.06. The molecule has 2 rings (SSSR count). The molecule has 0 aliphatic carbocycles. The summed E-state index contributed by atoms with van der Waals surface area (Å²) < 4.78 is 5.76. The fraction of sp³-hybridized carbons (Fsp3) is 0.625. The number of hydrogen-bond donors (Lipinski definition) is 1. The molecule has 0 aromatic heterocycles. The highest BCUT2D eigenvalue weighted by molar-refractivity contribution is 5.37. The van der Waals surface area contributed by atoms with E-state index < -0.39 is 0 Å². The summed E-state index contributed by atoms with van der Waals surface area (Å²) in [5.74, 6) is 0.